The number of carboxylic acids is 1. The summed E-state index contributed by atoms with van der Waals surface area (Å²) in [6.45, 7) is -0.955. The maximum atomic E-state index is 15.6. The molecule has 0 spiro atoms. The summed E-state index contributed by atoms with van der Waals surface area (Å²) in [7, 11) is -5.09. The van der Waals surface area contributed by atoms with Crippen LogP contribution in [0.3, 0.4) is 0 Å². The van der Waals surface area contributed by atoms with Gasteiger partial charge in [-0.2, -0.15) is 13.2 Å². The second-order valence-corrected chi connectivity index (χ2v) is 11.8. The Bertz CT molecular complexity index is 1370. The number of alkyl halides is 6. The van der Waals surface area contributed by atoms with Crippen molar-refractivity contribution >= 4 is 27.2 Å². The zero-order valence-electron chi connectivity index (χ0n) is 20.9. The number of aliphatic carboxylic acids is 1. The summed E-state index contributed by atoms with van der Waals surface area (Å²) in [4.78, 5) is 11.6. The number of carbonyl (C=O) groups is 1. The van der Waals surface area contributed by atoms with Crippen molar-refractivity contribution in [2.24, 2.45) is 5.92 Å². The van der Waals surface area contributed by atoms with Gasteiger partial charge in [-0.25, -0.2) is 30.8 Å². The minimum absolute atomic E-state index is 0.00864. The minimum atomic E-state index is -5.15. The largest absolute Gasteiger partial charge is 0.489 e. The van der Waals surface area contributed by atoms with Crippen LogP contribution in [0.15, 0.2) is 41.3 Å². The third kappa shape index (κ3) is 5.85. The molecule has 0 unspecified atom stereocenters. The molecular formula is C25H24F7NO6S. The van der Waals surface area contributed by atoms with E-state index in [9.17, 15) is 44.7 Å². The molecule has 4 rings (SSSR count). The fourth-order valence-electron chi connectivity index (χ4n) is 4.53. The molecule has 7 nitrogen and oxygen atoms in total. The van der Waals surface area contributed by atoms with Gasteiger partial charge in [0.1, 0.15) is 18.2 Å². The first-order valence-electron chi connectivity index (χ1n) is 12.0. The standard InChI is InChI=1S/C25H24F7NO6S/c1-23(28,29)7-6-14-12-33(16-4-2-15(26)3-5-16)18-10-17(25(30,31)32)19(11-20(18)40(36,37)21(14)27)38-13-24(22(34)35)8-9-39-24/h2-5,10-11,14,21H,6-9,12-13H2,1H3,(H,34,35)/t14-,21+,24-/m1/s1. The number of nitrogens with zero attached hydrogens (tertiary/aromatic N) is 1. The van der Waals surface area contributed by atoms with Crippen LogP contribution in [0.2, 0.25) is 0 Å². The Morgan fingerprint density at radius 2 is 1.80 bits per heavy atom. The number of hydrogen-bond acceptors (Lipinski definition) is 6. The van der Waals surface area contributed by atoms with E-state index < -0.39 is 98.6 Å². The number of rotatable bonds is 8. The SMILES string of the molecule is CC(F)(F)CC[C@@H]1CN(c2ccc(F)cc2)c2cc(C(F)(F)F)c(OC[C@@]3(C(=O)O)CCO3)cc2S(=O)(=O)[C@@H]1F. The van der Waals surface area contributed by atoms with Gasteiger partial charge in [0.25, 0.3) is 0 Å². The highest BCUT2D eigenvalue weighted by Gasteiger charge is 2.49. The van der Waals surface area contributed by atoms with Gasteiger partial charge >= 0.3 is 12.1 Å². The lowest BCUT2D eigenvalue weighted by atomic mass is 9.96. The molecule has 220 valence electrons. The van der Waals surface area contributed by atoms with Crippen LogP contribution < -0.4 is 9.64 Å². The first-order chi connectivity index (χ1) is 18.4. The van der Waals surface area contributed by atoms with E-state index in [1.807, 2.05) is 0 Å². The average molecular weight is 600 g/mol. The second-order valence-electron chi connectivity index (χ2n) is 9.85. The third-order valence-electron chi connectivity index (χ3n) is 6.88. The predicted octanol–water partition coefficient (Wildman–Crippen LogP) is 5.74. The van der Waals surface area contributed by atoms with Gasteiger partial charge in [0, 0.05) is 37.1 Å². The summed E-state index contributed by atoms with van der Waals surface area (Å²) in [5.74, 6) is -8.20. The van der Waals surface area contributed by atoms with Crippen molar-refractivity contribution in [3.8, 4) is 5.75 Å². The van der Waals surface area contributed by atoms with Gasteiger partial charge in [0.15, 0.2) is 0 Å². The van der Waals surface area contributed by atoms with Gasteiger partial charge in [0.05, 0.1) is 22.8 Å². The molecule has 3 atom stereocenters. The Morgan fingerprint density at radius 3 is 2.30 bits per heavy atom. The molecular weight excluding hydrogens is 575 g/mol. The number of sulfone groups is 1. The lowest BCUT2D eigenvalue weighted by molar-refractivity contribution is -0.201. The Hall–Kier alpha value is -3.07. The zero-order chi connectivity index (χ0) is 29.7. The van der Waals surface area contributed by atoms with Crippen LogP contribution in [-0.2, 0) is 25.5 Å². The second kappa shape index (κ2) is 10.4. The molecule has 2 heterocycles. The maximum Gasteiger partial charge on any atom is 0.420 e. The van der Waals surface area contributed by atoms with Gasteiger partial charge < -0.3 is 19.5 Å². The summed E-state index contributed by atoms with van der Waals surface area (Å²) in [5.41, 5.74) is -6.89. The number of anilines is 2. The third-order valence-corrected chi connectivity index (χ3v) is 8.79. The van der Waals surface area contributed by atoms with E-state index in [4.69, 9.17) is 9.47 Å². The minimum Gasteiger partial charge on any atom is -0.489 e. The van der Waals surface area contributed by atoms with Crippen molar-refractivity contribution in [3.05, 3.63) is 47.8 Å². The molecule has 0 bridgehead atoms. The summed E-state index contributed by atoms with van der Waals surface area (Å²) in [6.07, 6.45) is -6.77. The van der Waals surface area contributed by atoms with Crippen LogP contribution in [0.4, 0.5) is 42.1 Å². The molecule has 0 radical (unpaired) electrons. The molecule has 0 amide bonds. The van der Waals surface area contributed by atoms with Gasteiger partial charge in [-0.3, -0.25) is 0 Å². The summed E-state index contributed by atoms with van der Waals surface area (Å²) in [6, 6.07) is 4.99. The summed E-state index contributed by atoms with van der Waals surface area (Å²) >= 11 is 0. The lowest BCUT2D eigenvalue weighted by Gasteiger charge is -2.37. The first kappa shape index (κ1) is 29.9. The van der Waals surface area contributed by atoms with Crippen LogP contribution in [0.1, 0.15) is 31.7 Å². The first-order valence-corrected chi connectivity index (χ1v) is 13.5. The number of carboxylic acid groups (broad SMARTS) is 1. The molecule has 0 aliphatic carbocycles. The zero-order valence-corrected chi connectivity index (χ0v) is 21.7. The van der Waals surface area contributed by atoms with Crippen LogP contribution in [0, 0.1) is 11.7 Å². The molecule has 2 aliphatic rings. The number of fused-ring (bicyclic) bond motifs is 1. The van der Waals surface area contributed by atoms with Crippen LogP contribution in [0.5, 0.6) is 5.75 Å². The van der Waals surface area contributed by atoms with Crippen molar-refractivity contribution in [1.82, 2.24) is 0 Å². The normalized spacial score (nSPS) is 24.6. The molecule has 2 aromatic carbocycles. The number of benzene rings is 2. The molecule has 1 N–H and O–H groups in total. The van der Waals surface area contributed by atoms with Gasteiger partial charge in [0.2, 0.25) is 26.9 Å². The topological polar surface area (TPSA) is 93.1 Å². The molecule has 1 saturated heterocycles. The molecule has 2 aromatic rings. The number of ether oxygens (including phenoxy) is 2. The number of halogens is 7. The molecule has 0 saturated carbocycles. The highest BCUT2D eigenvalue weighted by molar-refractivity contribution is 7.92. The smallest absolute Gasteiger partial charge is 0.420 e. The highest BCUT2D eigenvalue weighted by Crippen LogP contribution is 2.48. The van der Waals surface area contributed by atoms with Gasteiger partial charge in [-0.15, -0.1) is 0 Å². The van der Waals surface area contributed by atoms with Gasteiger partial charge in [-0.1, -0.05) is 0 Å². The van der Waals surface area contributed by atoms with Crippen LogP contribution >= 0.6 is 0 Å². The van der Waals surface area contributed by atoms with Crippen molar-refractivity contribution in [3.63, 3.8) is 0 Å². The lowest BCUT2D eigenvalue weighted by Crippen LogP contribution is -2.55. The van der Waals surface area contributed by atoms with Crippen molar-refractivity contribution < 1.29 is 58.5 Å². The van der Waals surface area contributed by atoms with E-state index in [-0.39, 0.29) is 18.7 Å². The monoisotopic (exact) mass is 599 g/mol. The fraction of sp³-hybridized carbons (Fsp3) is 0.480. The Labute approximate surface area is 224 Å². The van der Waals surface area contributed by atoms with Crippen molar-refractivity contribution in [2.45, 2.75) is 54.3 Å². The Kier molecular flexibility index (Phi) is 7.77. The summed E-state index contributed by atoms with van der Waals surface area (Å²) in [5, 5.41) is 9.40. The fourth-order valence-corrected chi connectivity index (χ4v) is 6.24. The van der Waals surface area contributed by atoms with E-state index in [1.54, 1.807) is 0 Å². The van der Waals surface area contributed by atoms with Crippen LogP contribution in [-0.4, -0.2) is 56.3 Å². The van der Waals surface area contributed by atoms with Crippen molar-refractivity contribution in [1.29, 1.82) is 0 Å². The highest BCUT2D eigenvalue weighted by atomic mass is 32.2. The molecule has 2 aliphatic heterocycles. The number of hydrogen-bond donors (Lipinski definition) is 1. The molecule has 40 heavy (non-hydrogen) atoms. The van der Waals surface area contributed by atoms with E-state index in [0.29, 0.717) is 19.1 Å². The maximum absolute atomic E-state index is 15.6. The van der Waals surface area contributed by atoms with Crippen LogP contribution in [0.25, 0.3) is 0 Å². The molecule has 0 aromatic heterocycles. The quantitative estimate of drug-likeness (QED) is 0.387. The van der Waals surface area contributed by atoms with E-state index >= 15 is 4.39 Å². The molecule has 15 heteroatoms. The average Bonchev–Trinajstić information content (AvgIpc) is 2.89. The Balaban J connectivity index is 1.88. The van der Waals surface area contributed by atoms with Gasteiger partial charge in [-0.05, 0) is 43.7 Å². The summed E-state index contributed by atoms with van der Waals surface area (Å²) < 4.78 is 136. The van der Waals surface area contributed by atoms with E-state index in [1.165, 1.54) is 0 Å². The Morgan fingerprint density at radius 1 is 1.18 bits per heavy atom. The predicted molar refractivity (Wildman–Crippen MR) is 127 cm³/mol. The van der Waals surface area contributed by atoms with E-state index in [0.717, 1.165) is 29.2 Å². The van der Waals surface area contributed by atoms with Crippen molar-refractivity contribution in [2.75, 3.05) is 24.7 Å². The molecule has 1 fully saturated rings. The van der Waals surface area contributed by atoms with E-state index in [2.05, 4.69) is 0 Å².